The topological polar surface area (TPSA) is 125 Å². The van der Waals surface area contributed by atoms with E-state index in [4.69, 9.17) is 14.6 Å². The fraction of sp³-hybridized carbons (Fsp3) is 0.344. The summed E-state index contributed by atoms with van der Waals surface area (Å²) in [6.45, 7) is 1.04. The molecule has 0 fully saturated rings. The summed E-state index contributed by atoms with van der Waals surface area (Å²) in [6.07, 6.45) is 3.51. The molecule has 1 amide bonds. The highest BCUT2D eigenvalue weighted by molar-refractivity contribution is 6.05. The standard InChI is InChI=1S/C32H34N2O7/c35-29(36)11-4-16-34-20-28(32(38)39)41-30-26(9-3-10-27(30)34)33-31(37)22-12-14-25(15-13-22)40-17-5-6-21-18-23-7-1-2-8-24(23)19-21/h1-3,7-10,12-15,21,28H,4-6,11,16-20H2,(H,33,37)(H,35,36)(H,38,39). The van der Waals surface area contributed by atoms with Gasteiger partial charge in [-0.25, -0.2) is 4.79 Å². The minimum Gasteiger partial charge on any atom is -0.494 e. The van der Waals surface area contributed by atoms with E-state index in [9.17, 15) is 19.5 Å². The molecule has 1 aliphatic carbocycles. The van der Waals surface area contributed by atoms with Gasteiger partial charge in [0.1, 0.15) is 5.75 Å². The minimum absolute atomic E-state index is 0.0319. The van der Waals surface area contributed by atoms with Gasteiger partial charge < -0.3 is 29.9 Å². The van der Waals surface area contributed by atoms with E-state index in [1.165, 1.54) is 11.1 Å². The number of hydrogen-bond acceptors (Lipinski definition) is 6. The molecule has 3 N–H and O–H groups in total. The van der Waals surface area contributed by atoms with E-state index in [0.29, 0.717) is 48.2 Å². The summed E-state index contributed by atoms with van der Waals surface area (Å²) in [5.41, 5.74) is 4.30. The molecular weight excluding hydrogens is 524 g/mol. The van der Waals surface area contributed by atoms with Crippen LogP contribution in [0.1, 0.15) is 47.2 Å². The van der Waals surface area contributed by atoms with Crippen molar-refractivity contribution in [1.82, 2.24) is 0 Å². The molecule has 9 heteroatoms. The molecule has 0 aromatic heterocycles. The number of para-hydroxylation sites is 1. The number of carboxylic acid groups (broad SMARTS) is 2. The summed E-state index contributed by atoms with van der Waals surface area (Å²) in [5.74, 6) is -0.815. The lowest BCUT2D eigenvalue weighted by Gasteiger charge is -2.35. The molecule has 1 heterocycles. The zero-order valence-corrected chi connectivity index (χ0v) is 22.8. The number of anilines is 2. The highest BCUT2D eigenvalue weighted by Crippen LogP contribution is 2.40. The fourth-order valence-electron chi connectivity index (χ4n) is 5.55. The van der Waals surface area contributed by atoms with Crippen molar-refractivity contribution in [2.45, 2.75) is 44.6 Å². The maximum atomic E-state index is 13.1. The van der Waals surface area contributed by atoms with Crippen molar-refractivity contribution in [2.75, 3.05) is 29.9 Å². The Kier molecular flexibility index (Phi) is 8.72. The summed E-state index contributed by atoms with van der Waals surface area (Å²) in [7, 11) is 0. The number of rotatable bonds is 12. The smallest absolute Gasteiger partial charge is 0.346 e. The van der Waals surface area contributed by atoms with Crippen molar-refractivity contribution in [3.05, 3.63) is 83.4 Å². The number of ether oxygens (including phenoxy) is 2. The number of aliphatic carboxylic acids is 2. The number of fused-ring (bicyclic) bond motifs is 2. The largest absolute Gasteiger partial charge is 0.494 e. The second-order valence-corrected chi connectivity index (χ2v) is 10.6. The number of nitrogens with zero attached hydrogens (tertiary/aromatic N) is 1. The normalized spacial score (nSPS) is 15.9. The zero-order valence-electron chi connectivity index (χ0n) is 22.8. The van der Waals surface area contributed by atoms with Gasteiger partial charge in [0.2, 0.25) is 6.10 Å². The van der Waals surface area contributed by atoms with Crippen LogP contribution in [0.3, 0.4) is 0 Å². The molecular formula is C32H34N2O7. The highest BCUT2D eigenvalue weighted by atomic mass is 16.5. The van der Waals surface area contributed by atoms with Crippen LogP contribution < -0.4 is 19.7 Å². The van der Waals surface area contributed by atoms with Gasteiger partial charge in [0.15, 0.2) is 5.75 Å². The number of carbonyl (C=O) groups is 3. The number of hydrogen-bond donors (Lipinski definition) is 3. The van der Waals surface area contributed by atoms with E-state index in [1.807, 2.05) is 0 Å². The SMILES string of the molecule is O=C(O)CCCN1CC(C(=O)O)Oc2c(NC(=O)c3ccc(OCCCC4Cc5ccccc5C4)cc3)cccc21. The molecule has 0 saturated carbocycles. The number of nitrogens with one attached hydrogen (secondary N) is 1. The van der Waals surface area contributed by atoms with Gasteiger partial charge in [-0.3, -0.25) is 9.59 Å². The summed E-state index contributed by atoms with van der Waals surface area (Å²) < 4.78 is 11.7. The summed E-state index contributed by atoms with van der Waals surface area (Å²) in [5, 5.41) is 21.4. The third-order valence-electron chi connectivity index (χ3n) is 7.60. The van der Waals surface area contributed by atoms with E-state index in [-0.39, 0.29) is 24.6 Å². The second kappa shape index (κ2) is 12.8. The first-order chi connectivity index (χ1) is 19.9. The summed E-state index contributed by atoms with van der Waals surface area (Å²) in [4.78, 5) is 37.5. The third-order valence-corrected chi connectivity index (χ3v) is 7.60. The average Bonchev–Trinajstić information content (AvgIpc) is 3.38. The predicted molar refractivity (Wildman–Crippen MR) is 154 cm³/mol. The third kappa shape index (κ3) is 6.98. The van der Waals surface area contributed by atoms with Gasteiger partial charge in [0.05, 0.1) is 24.5 Å². The van der Waals surface area contributed by atoms with E-state index in [0.717, 1.165) is 25.7 Å². The van der Waals surface area contributed by atoms with Gasteiger partial charge >= 0.3 is 11.9 Å². The molecule has 5 rings (SSSR count). The number of carboxylic acids is 2. The lowest BCUT2D eigenvalue weighted by molar-refractivity contribution is -0.145. The zero-order chi connectivity index (χ0) is 28.8. The quantitative estimate of drug-likeness (QED) is 0.264. The highest BCUT2D eigenvalue weighted by Gasteiger charge is 2.32. The lowest BCUT2D eigenvalue weighted by atomic mass is 10.0. The molecule has 1 aliphatic heterocycles. The van der Waals surface area contributed by atoms with E-state index < -0.39 is 18.0 Å². The van der Waals surface area contributed by atoms with Crippen molar-refractivity contribution in [2.24, 2.45) is 5.92 Å². The molecule has 3 aromatic carbocycles. The molecule has 1 unspecified atom stereocenters. The molecule has 0 bridgehead atoms. The van der Waals surface area contributed by atoms with Crippen LogP contribution in [0.15, 0.2) is 66.7 Å². The van der Waals surface area contributed by atoms with Crippen molar-refractivity contribution >= 4 is 29.2 Å². The van der Waals surface area contributed by atoms with Crippen LogP contribution >= 0.6 is 0 Å². The maximum Gasteiger partial charge on any atom is 0.346 e. The van der Waals surface area contributed by atoms with Crippen LogP contribution in [-0.2, 0) is 22.4 Å². The number of benzene rings is 3. The monoisotopic (exact) mass is 558 g/mol. The van der Waals surface area contributed by atoms with Gasteiger partial charge in [0.25, 0.3) is 5.91 Å². The first kappa shape index (κ1) is 28.0. The van der Waals surface area contributed by atoms with Crippen LogP contribution in [0.2, 0.25) is 0 Å². The van der Waals surface area contributed by atoms with Crippen molar-refractivity contribution < 1.29 is 34.1 Å². The van der Waals surface area contributed by atoms with Crippen LogP contribution in [0.5, 0.6) is 11.5 Å². The van der Waals surface area contributed by atoms with E-state index in [1.54, 1.807) is 47.4 Å². The Labute approximate surface area is 238 Å². The Balaban J connectivity index is 1.16. The van der Waals surface area contributed by atoms with Crippen molar-refractivity contribution in [3.63, 3.8) is 0 Å². The van der Waals surface area contributed by atoms with Crippen LogP contribution in [0.25, 0.3) is 0 Å². The molecule has 0 spiro atoms. The molecule has 41 heavy (non-hydrogen) atoms. The Morgan fingerprint density at radius 3 is 2.34 bits per heavy atom. The van der Waals surface area contributed by atoms with E-state index in [2.05, 4.69) is 29.6 Å². The van der Waals surface area contributed by atoms with Gasteiger partial charge in [0, 0.05) is 18.5 Å². The minimum atomic E-state index is -1.15. The Bertz CT molecular complexity index is 1380. The van der Waals surface area contributed by atoms with Crippen molar-refractivity contribution in [1.29, 1.82) is 0 Å². The lowest BCUT2D eigenvalue weighted by Crippen LogP contribution is -2.45. The molecule has 3 aromatic rings. The number of amides is 1. The Morgan fingerprint density at radius 1 is 0.927 bits per heavy atom. The van der Waals surface area contributed by atoms with Gasteiger partial charge in [-0.05, 0) is 85.5 Å². The van der Waals surface area contributed by atoms with Crippen LogP contribution in [0, 0.1) is 5.92 Å². The van der Waals surface area contributed by atoms with E-state index >= 15 is 0 Å². The van der Waals surface area contributed by atoms with Gasteiger partial charge in [-0.15, -0.1) is 0 Å². The Hall–Kier alpha value is -4.53. The predicted octanol–water partition coefficient (Wildman–Crippen LogP) is 5.03. The molecule has 0 saturated heterocycles. The number of carbonyl (C=O) groups excluding carboxylic acids is 1. The van der Waals surface area contributed by atoms with Gasteiger partial charge in [-0.1, -0.05) is 30.3 Å². The first-order valence-corrected chi connectivity index (χ1v) is 14.0. The van der Waals surface area contributed by atoms with Crippen molar-refractivity contribution in [3.8, 4) is 11.5 Å². The molecule has 9 nitrogen and oxygen atoms in total. The second-order valence-electron chi connectivity index (χ2n) is 10.6. The maximum absolute atomic E-state index is 13.1. The first-order valence-electron chi connectivity index (χ1n) is 14.0. The Morgan fingerprint density at radius 2 is 1.66 bits per heavy atom. The molecule has 0 radical (unpaired) electrons. The average molecular weight is 559 g/mol. The fourth-order valence-corrected chi connectivity index (χ4v) is 5.55. The van der Waals surface area contributed by atoms with Crippen LogP contribution in [-0.4, -0.2) is 53.9 Å². The van der Waals surface area contributed by atoms with Gasteiger partial charge in [-0.2, -0.15) is 0 Å². The summed E-state index contributed by atoms with van der Waals surface area (Å²) in [6, 6.07) is 20.7. The molecule has 1 atom stereocenters. The molecule has 2 aliphatic rings. The summed E-state index contributed by atoms with van der Waals surface area (Å²) >= 11 is 0. The van der Waals surface area contributed by atoms with Crippen LogP contribution in [0.4, 0.5) is 11.4 Å². The molecule has 214 valence electrons.